The number of carbonyl (C=O) groups is 1. The third-order valence-electron chi connectivity index (χ3n) is 4.42. The zero-order chi connectivity index (χ0) is 21.6. The van der Waals surface area contributed by atoms with Crippen LogP contribution in [0.3, 0.4) is 0 Å². The number of hydrogen-bond acceptors (Lipinski definition) is 7. The maximum Gasteiger partial charge on any atom is 0.573 e. The number of amides is 1. The summed E-state index contributed by atoms with van der Waals surface area (Å²) in [5.74, 6) is 0.0954. The first kappa shape index (κ1) is 21.3. The lowest BCUT2D eigenvalue weighted by atomic mass is 10.2. The van der Waals surface area contributed by atoms with Gasteiger partial charge in [-0.1, -0.05) is 18.2 Å². The Labute approximate surface area is 171 Å². The summed E-state index contributed by atoms with van der Waals surface area (Å²) >= 11 is 0. The number of nitrogens with two attached hydrogens (primary N) is 1. The average molecular weight is 425 g/mol. The first-order valence-corrected chi connectivity index (χ1v) is 9.30. The minimum Gasteiger partial charge on any atom is -0.428 e. The van der Waals surface area contributed by atoms with Gasteiger partial charge in [-0.2, -0.15) is 0 Å². The van der Waals surface area contributed by atoms with E-state index < -0.39 is 12.5 Å². The SMILES string of the molecule is Nc1cnc(NCOC(=O)N2CCCC2)cc1NCc1ccccc1OC(F)(F)F. The summed E-state index contributed by atoms with van der Waals surface area (Å²) in [7, 11) is 0. The summed E-state index contributed by atoms with van der Waals surface area (Å²) in [5, 5.41) is 5.83. The van der Waals surface area contributed by atoms with Gasteiger partial charge in [-0.05, 0) is 18.9 Å². The van der Waals surface area contributed by atoms with Crippen LogP contribution in [-0.2, 0) is 11.3 Å². The summed E-state index contributed by atoms with van der Waals surface area (Å²) < 4.78 is 46.9. The van der Waals surface area contributed by atoms with Crippen molar-refractivity contribution in [2.75, 3.05) is 36.2 Å². The first-order chi connectivity index (χ1) is 14.3. The van der Waals surface area contributed by atoms with Crippen molar-refractivity contribution in [1.29, 1.82) is 0 Å². The topological polar surface area (TPSA) is 102 Å². The van der Waals surface area contributed by atoms with Gasteiger partial charge in [-0.25, -0.2) is 9.78 Å². The number of anilines is 3. The Kier molecular flexibility index (Phi) is 6.70. The molecule has 1 amide bonds. The molecule has 0 bridgehead atoms. The lowest BCUT2D eigenvalue weighted by molar-refractivity contribution is -0.274. The second-order valence-corrected chi connectivity index (χ2v) is 6.59. The maximum absolute atomic E-state index is 12.6. The van der Waals surface area contributed by atoms with Crippen molar-refractivity contribution in [3.8, 4) is 5.75 Å². The highest BCUT2D eigenvalue weighted by Crippen LogP contribution is 2.28. The summed E-state index contributed by atoms with van der Waals surface area (Å²) in [6.45, 7) is 1.34. The van der Waals surface area contributed by atoms with Gasteiger partial charge in [0.2, 0.25) is 0 Å². The molecule has 0 spiro atoms. The largest absolute Gasteiger partial charge is 0.573 e. The molecule has 0 atom stereocenters. The molecule has 0 saturated carbocycles. The number of rotatable bonds is 7. The highest BCUT2D eigenvalue weighted by Gasteiger charge is 2.31. The molecule has 2 heterocycles. The van der Waals surface area contributed by atoms with Crippen LogP contribution in [0.1, 0.15) is 18.4 Å². The number of hydrogen-bond donors (Lipinski definition) is 3. The second kappa shape index (κ2) is 9.42. The lowest BCUT2D eigenvalue weighted by Crippen LogP contribution is -2.29. The number of aromatic nitrogens is 1. The van der Waals surface area contributed by atoms with E-state index in [0.717, 1.165) is 12.8 Å². The zero-order valence-electron chi connectivity index (χ0n) is 16.0. The Morgan fingerprint density at radius 3 is 2.67 bits per heavy atom. The standard InChI is InChI=1S/C19H22F3N5O3/c20-19(21,22)30-16-6-2-1-5-13(16)10-24-15-9-17(25-11-14(15)23)26-12-29-18(28)27-7-3-4-8-27/h1-2,5-6,9,11H,3-4,7-8,10,12,23H2,(H2,24,25,26). The van der Waals surface area contributed by atoms with Crippen molar-refractivity contribution in [2.24, 2.45) is 0 Å². The molecule has 0 radical (unpaired) electrons. The van der Waals surface area contributed by atoms with Gasteiger partial charge in [-0.3, -0.25) is 0 Å². The fraction of sp³-hybridized carbons (Fsp3) is 0.368. The Bertz CT molecular complexity index is 873. The van der Waals surface area contributed by atoms with E-state index in [1.54, 1.807) is 17.0 Å². The molecule has 1 aromatic carbocycles. The van der Waals surface area contributed by atoms with E-state index in [4.69, 9.17) is 10.5 Å². The number of carbonyl (C=O) groups excluding carboxylic acids is 1. The van der Waals surface area contributed by atoms with Gasteiger partial charge < -0.3 is 30.7 Å². The van der Waals surface area contributed by atoms with Gasteiger partial charge in [0, 0.05) is 31.3 Å². The monoisotopic (exact) mass is 425 g/mol. The summed E-state index contributed by atoms with van der Waals surface area (Å²) in [4.78, 5) is 17.6. The van der Waals surface area contributed by atoms with Crippen molar-refractivity contribution in [1.82, 2.24) is 9.88 Å². The Balaban J connectivity index is 1.57. The predicted molar refractivity (Wildman–Crippen MR) is 105 cm³/mol. The molecule has 1 aliphatic rings. The molecule has 0 aliphatic carbocycles. The van der Waals surface area contributed by atoms with Crippen LogP contribution in [0.5, 0.6) is 5.75 Å². The molecule has 0 unspecified atom stereocenters. The van der Waals surface area contributed by atoms with Gasteiger partial charge in [0.25, 0.3) is 0 Å². The van der Waals surface area contributed by atoms with Crippen molar-refractivity contribution < 1.29 is 27.4 Å². The molecule has 1 fully saturated rings. The molecule has 3 rings (SSSR count). The van der Waals surface area contributed by atoms with Crippen LogP contribution >= 0.6 is 0 Å². The summed E-state index contributed by atoms with van der Waals surface area (Å²) in [5.41, 5.74) is 6.97. The van der Waals surface area contributed by atoms with Crippen molar-refractivity contribution in [3.05, 3.63) is 42.1 Å². The molecule has 4 N–H and O–H groups in total. The van der Waals surface area contributed by atoms with Crippen LogP contribution in [0, 0.1) is 0 Å². The number of nitrogen functional groups attached to an aromatic ring is 1. The molecule has 8 nitrogen and oxygen atoms in total. The van der Waals surface area contributed by atoms with Crippen LogP contribution in [0.15, 0.2) is 36.5 Å². The zero-order valence-corrected chi connectivity index (χ0v) is 16.0. The molecular weight excluding hydrogens is 403 g/mol. The van der Waals surface area contributed by atoms with Crippen LogP contribution in [0.2, 0.25) is 0 Å². The fourth-order valence-electron chi connectivity index (χ4n) is 2.94. The number of alkyl halides is 3. The Hall–Kier alpha value is -3.37. The minimum atomic E-state index is -4.78. The number of likely N-dealkylation sites (tertiary alicyclic amines) is 1. The minimum absolute atomic E-state index is 0.0455. The first-order valence-electron chi connectivity index (χ1n) is 9.30. The van der Waals surface area contributed by atoms with Gasteiger partial charge in [-0.15, -0.1) is 13.2 Å². The lowest BCUT2D eigenvalue weighted by Gasteiger charge is -2.16. The predicted octanol–water partition coefficient (Wildman–Crippen LogP) is 3.78. The van der Waals surface area contributed by atoms with E-state index in [-0.39, 0.29) is 19.0 Å². The number of nitrogens with one attached hydrogen (secondary N) is 2. The van der Waals surface area contributed by atoms with Gasteiger partial charge in [0.05, 0.1) is 17.6 Å². The van der Waals surface area contributed by atoms with E-state index in [0.29, 0.717) is 35.8 Å². The molecule has 11 heteroatoms. The molecule has 30 heavy (non-hydrogen) atoms. The van der Waals surface area contributed by atoms with Gasteiger partial charge in [0.15, 0.2) is 6.73 Å². The molecule has 1 aromatic heterocycles. The molecule has 1 aliphatic heterocycles. The van der Waals surface area contributed by atoms with E-state index in [9.17, 15) is 18.0 Å². The molecule has 2 aromatic rings. The third kappa shape index (κ3) is 6.06. The van der Waals surface area contributed by atoms with Crippen LogP contribution < -0.4 is 21.1 Å². The van der Waals surface area contributed by atoms with Gasteiger partial charge in [0.1, 0.15) is 11.6 Å². The molecule has 1 saturated heterocycles. The average Bonchev–Trinajstić information content (AvgIpc) is 3.23. The van der Waals surface area contributed by atoms with Crippen LogP contribution in [0.4, 0.5) is 35.2 Å². The van der Waals surface area contributed by atoms with Crippen molar-refractivity contribution in [3.63, 3.8) is 0 Å². The fourth-order valence-corrected chi connectivity index (χ4v) is 2.94. The maximum atomic E-state index is 12.6. The Morgan fingerprint density at radius 2 is 1.93 bits per heavy atom. The van der Waals surface area contributed by atoms with Crippen LogP contribution in [0.25, 0.3) is 0 Å². The number of para-hydroxylation sites is 1. The quantitative estimate of drug-likeness (QED) is 0.581. The van der Waals surface area contributed by atoms with E-state index >= 15 is 0 Å². The molecule has 162 valence electrons. The normalized spacial score (nSPS) is 13.8. The van der Waals surface area contributed by atoms with E-state index in [1.807, 2.05) is 0 Å². The second-order valence-electron chi connectivity index (χ2n) is 6.59. The smallest absolute Gasteiger partial charge is 0.428 e. The number of pyridine rings is 1. The number of benzene rings is 1. The number of ether oxygens (including phenoxy) is 2. The number of halogens is 3. The van der Waals surface area contributed by atoms with E-state index in [2.05, 4.69) is 20.4 Å². The molecular formula is C19H22F3N5O3. The summed E-state index contributed by atoms with van der Waals surface area (Å²) in [6.07, 6.45) is -1.85. The van der Waals surface area contributed by atoms with Gasteiger partial charge >= 0.3 is 12.5 Å². The highest BCUT2D eigenvalue weighted by atomic mass is 19.4. The van der Waals surface area contributed by atoms with Crippen molar-refractivity contribution >= 4 is 23.3 Å². The highest BCUT2D eigenvalue weighted by molar-refractivity contribution is 5.70. The summed E-state index contributed by atoms with van der Waals surface area (Å²) in [6, 6.07) is 7.39. The van der Waals surface area contributed by atoms with Crippen LogP contribution in [-0.4, -0.2) is 42.2 Å². The van der Waals surface area contributed by atoms with E-state index in [1.165, 1.54) is 24.4 Å². The van der Waals surface area contributed by atoms with Crippen molar-refractivity contribution in [2.45, 2.75) is 25.7 Å². The Morgan fingerprint density at radius 1 is 1.20 bits per heavy atom. The number of nitrogens with zero attached hydrogens (tertiary/aromatic N) is 2. The third-order valence-corrected chi connectivity index (χ3v) is 4.42.